The Morgan fingerprint density at radius 1 is 0.750 bits per heavy atom. The highest BCUT2D eigenvalue weighted by Crippen LogP contribution is 2.13. The molecular weight excluding hydrogens is 252 g/mol. The molecule has 0 spiro atoms. The summed E-state index contributed by atoms with van der Waals surface area (Å²) in [4.78, 5) is 0. The van der Waals surface area contributed by atoms with Crippen LogP contribution in [0.4, 0.5) is 0 Å². The molecule has 0 radical (unpaired) electrons. The van der Waals surface area contributed by atoms with Crippen molar-refractivity contribution in [2.45, 2.75) is 89.3 Å². The first kappa shape index (κ1) is 19.6. The van der Waals surface area contributed by atoms with Gasteiger partial charge in [0.15, 0.2) is 0 Å². The first-order chi connectivity index (χ1) is 9.70. The van der Waals surface area contributed by atoms with Crippen LogP contribution in [-0.2, 0) is 0 Å². The van der Waals surface area contributed by atoms with Gasteiger partial charge in [0.25, 0.3) is 0 Å². The van der Waals surface area contributed by atoms with Crippen LogP contribution in [0.15, 0.2) is 12.7 Å². The minimum atomic E-state index is -0.772. The van der Waals surface area contributed by atoms with Crippen molar-refractivity contribution in [3.8, 4) is 0 Å². The summed E-state index contributed by atoms with van der Waals surface area (Å²) < 4.78 is 0. The summed E-state index contributed by atoms with van der Waals surface area (Å²) in [5, 5.41) is 27.5. The summed E-state index contributed by atoms with van der Waals surface area (Å²) in [7, 11) is 0. The lowest BCUT2D eigenvalue weighted by molar-refractivity contribution is 0.0380. The lowest BCUT2D eigenvalue weighted by Crippen LogP contribution is -2.20. The summed E-state index contributed by atoms with van der Waals surface area (Å²) in [6.07, 6.45) is 14.2. The van der Waals surface area contributed by atoms with Crippen LogP contribution in [0, 0.1) is 0 Å². The lowest BCUT2D eigenvalue weighted by Gasteiger charge is -2.13. The number of aliphatic hydroxyl groups excluding tert-OH is 3. The zero-order valence-electron chi connectivity index (χ0n) is 13.0. The van der Waals surface area contributed by atoms with Crippen LogP contribution in [0.25, 0.3) is 0 Å². The van der Waals surface area contributed by atoms with E-state index in [2.05, 4.69) is 6.58 Å². The quantitative estimate of drug-likeness (QED) is 0.318. The number of hydrogen-bond acceptors (Lipinski definition) is 3. The van der Waals surface area contributed by atoms with Crippen molar-refractivity contribution >= 4 is 0 Å². The predicted molar refractivity (Wildman–Crippen MR) is 84.7 cm³/mol. The molecule has 0 aromatic rings. The van der Waals surface area contributed by atoms with E-state index in [1.807, 2.05) is 6.08 Å². The van der Waals surface area contributed by atoms with Gasteiger partial charge in [0.05, 0.1) is 18.8 Å². The van der Waals surface area contributed by atoms with Crippen LogP contribution in [0.1, 0.15) is 77.0 Å². The van der Waals surface area contributed by atoms with Crippen molar-refractivity contribution in [2.24, 2.45) is 0 Å². The van der Waals surface area contributed by atoms with E-state index in [4.69, 9.17) is 5.11 Å². The topological polar surface area (TPSA) is 60.7 Å². The smallest absolute Gasteiger partial charge is 0.0795 e. The maximum atomic E-state index is 9.62. The van der Waals surface area contributed by atoms with Gasteiger partial charge in [-0.1, -0.05) is 57.4 Å². The molecule has 0 bridgehead atoms. The van der Waals surface area contributed by atoms with Crippen LogP contribution < -0.4 is 0 Å². The first-order valence-electron chi connectivity index (χ1n) is 8.28. The molecule has 0 aromatic heterocycles. The summed E-state index contributed by atoms with van der Waals surface area (Å²) in [5.74, 6) is 0. The molecule has 120 valence electrons. The Morgan fingerprint density at radius 3 is 1.75 bits per heavy atom. The fourth-order valence-corrected chi connectivity index (χ4v) is 2.41. The monoisotopic (exact) mass is 286 g/mol. The molecule has 0 amide bonds. The first-order valence-corrected chi connectivity index (χ1v) is 8.28. The van der Waals surface area contributed by atoms with Crippen LogP contribution in [-0.4, -0.2) is 34.1 Å². The van der Waals surface area contributed by atoms with Gasteiger partial charge >= 0.3 is 0 Å². The van der Waals surface area contributed by atoms with Gasteiger partial charge in [-0.15, -0.1) is 6.58 Å². The van der Waals surface area contributed by atoms with Gasteiger partial charge in [0, 0.05) is 6.42 Å². The van der Waals surface area contributed by atoms with Gasteiger partial charge < -0.3 is 15.3 Å². The summed E-state index contributed by atoms with van der Waals surface area (Å²) >= 11 is 0. The molecule has 3 nitrogen and oxygen atoms in total. The Balaban J connectivity index is 3.14. The zero-order valence-corrected chi connectivity index (χ0v) is 13.0. The molecule has 0 aliphatic rings. The largest absolute Gasteiger partial charge is 0.394 e. The van der Waals surface area contributed by atoms with Gasteiger partial charge in [-0.25, -0.2) is 0 Å². The number of unbranched alkanes of at least 4 members (excludes halogenated alkanes) is 9. The second kappa shape index (κ2) is 15.0. The van der Waals surface area contributed by atoms with E-state index >= 15 is 0 Å². The third-order valence-electron chi connectivity index (χ3n) is 3.70. The fraction of sp³-hybridized carbons (Fsp3) is 0.882. The zero-order chi connectivity index (χ0) is 15.1. The van der Waals surface area contributed by atoms with Gasteiger partial charge in [0.1, 0.15) is 0 Å². The van der Waals surface area contributed by atoms with Crippen molar-refractivity contribution in [3.05, 3.63) is 12.7 Å². The summed E-state index contributed by atoms with van der Waals surface area (Å²) in [5.41, 5.74) is 0. The normalized spacial score (nSPS) is 14.2. The predicted octanol–water partition coefficient (Wildman–Crippen LogP) is 3.57. The Bertz CT molecular complexity index is 206. The van der Waals surface area contributed by atoms with Gasteiger partial charge in [-0.3, -0.25) is 0 Å². The molecule has 0 saturated heterocycles. The number of hydrogen-bond donors (Lipinski definition) is 3. The van der Waals surface area contributed by atoms with E-state index in [-0.39, 0.29) is 6.61 Å². The number of rotatable bonds is 15. The minimum absolute atomic E-state index is 0.260. The highest BCUT2D eigenvalue weighted by molar-refractivity contribution is 4.65. The van der Waals surface area contributed by atoms with Crippen molar-refractivity contribution in [3.63, 3.8) is 0 Å². The molecule has 3 heteroatoms. The van der Waals surface area contributed by atoms with Crippen LogP contribution in [0.5, 0.6) is 0 Å². The minimum Gasteiger partial charge on any atom is -0.394 e. The van der Waals surface area contributed by atoms with Crippen molar-refractivity contribution in [1.82, 2.24) is 0 Å². The SMILES string of the molecule is C=CCCCCCCCCCCC[C@H](O)C[C@H](O)CO. The Kier molecular flexibility index (Phi) is 14.7. The summed E-state index contributed by atoms with van der Waals surface area (Å²) in [6.45, 7) is 3.47. The lowest BCUT2D eigenvalue weighted by atomic mass is 10.0. The van der Waals surface area contributed by atoms with Gasteiger partial charge in [-0.05, 0) is 19.3 Å². The molecule has 0 aliphatic heterocycles. The molecule has 0 aliphatic carbocycles. The molecule has 0 aromatic carbocycles. The molecule has 0 unspecified atom stereocenters. The molecule has 0 fully saturated rings. The van der Waals surface area contributed by atoms with Crippen molar-refractivity contribution in [2.75, 3.05) is 6.61 Å². The highest BCUT2D eigenvalue weighted by Gasteiger charge is 2.10. The van der Waals surface area contributed by atoms with E-state index in [9.17, 15) is 10.2 Å². The van der Waals surface area contributed by atoms with E-state index in [1.165, 1.54) is 44.9 Å². The molecule has 3 N–H and O–H groups in total. The van der Waals surface area contributed by atoms with E-state index in [0.717, 1.165) is 25.7 Å². The van der Waals surface area contributed by atoms with E-state index in [0.29, 0.717) is 6.42 Å². The number of allylic oxidation sites excluding steroid dienone is 1. The third kappa shape index (κ3) is 14.0. The molecule has 0 saturated carbocycles. The Morgan fingerprint density at radius 2 is 1.25 bits per heavy atom. The fourth-order valence-electron chi connectivity index (χ4n) is 2.41. The van der Waals surface area contributed by atoms with Crippen molar-refractivity contribution in [1.29, 1.82) is 0 Å². The standard InChI is InChI=1S/C17H34O3/c1-2-3-4-5-6-7-8-9-10-11-12-13-16(19)14-17(20)15-18/h2,16-20H,1,3-15H2/t16-,17-/m0/s1. The second-order valence-electron chi connectivity index (χ2n) is 5.77. The van der Waals surface area contributed by atoms with Crippen LogP contribution in [0.2, 0.25) is 0 Å². The third-order valence-corrected chi connectivity index (χ3v) is 3.70. The average molecular weight is 286 g/mol. The van der Waals surface area contributed by atoms with Gasteiger partial charge in [-0.2, -0.15) is 0 Å². The highest BCUT2D eigenvalue weighted by atomic mass is 16.3. The maximum Gasteiger partial charge on any atom is 0.0795 e. The van der Waals surface area contributed by atoms with Gasteiger partial charge in [0.2, 0.25) is 0 Å². The van der Waals surface area contributed by atoms with E-state index < -0.39 is 12.2 Å². The van der Waals surface area contributed by atoms with Crippen molar-refractivity contribution < 1.29 is 15.3 Å². The maximum absolute atomic E-state index is 9.62. The van der Waals surface area contributed by atoms with Crippen LogP contribution >= 0.6 is 0 Å². The average Bonchev–Trinajstić information content (AvgIpc) is 2.44. The second-order valence-corrected chi connectivity index (χ2v) is 5.77. The molecule has 20 heavy (non-hydrogen) atoms. The molecule has 2 atom stereocenters. The molecule has 0 heterocycles. The van der Waals surface area contributed by atoms with E-state index in [1.54, 1.807) is 0 Å². The number of aliphatic hydroxyl groups is 3. The molecular formula is C17H34O3. The Hall–Kier alpha value is -0.380. The van der Waals surface area contributed by atoms with Crippen LogP contribution in [0.3, 0.4) is 0 Å². The molecule has 0 rings (SSSR count). The Labute approximate surface area is 124 Å². The summed E-state index contributed by atoms with van der Waals surface area (Å²) in [6, 6.07) is 0.